The third-order valence-corrected chi connectivity index (χ3v) is 3.00. The molecule has 1 atom stereocenters. The SMILES string of the molecule is COc1ccc(Br)c(CN[C@@H](C)C(=O)O)c1. The average Bonchev–Trinajstić information content (AvgIpc) is 2.27. The lowest BCUT2D eigenvalue weighted by atomic mass is 10.2. The number of ether oxygens (including phenoxy) is 1. The predicted molar refractivity (Wildman–Crippen MR) is 64.6 cm³/mol. The second-order valence-electron chi connectivity index (χ2n) is 3.40. The summed E-state index contributed by atoms with van der Waals surface area (Å²) in [4.78, 5) is 10.6. The first-order chi connectivity index (χ1) is 7.54. The first kappa shape index (κ1) is 13.0. The molecule has 1 aromatic carbocycles. The quantitative estimate of drug-likeness (QED) is 0.870. The predicted octanol–water partition coefficient (Wildman–Crippen LogP) is 2.02. The van der Waals surface area contributed by atoms with Crippen LogP contribution in [0.2, 0.25) is 0 Å². The Kier molecular flexibility index (Phi) is 4.76. The molecule has 0 aromatic heterocycles. The summed E-state index contributed by atoms with van der Waals surface area (Å²) < 4.78 is 6.03. The summed E-state index contributed by atoms with van der Waals surface area (Å²) in [5.41, 5.74) is 0.965. The Labute approximate surface area is 103 Å². The lowest BCUT2D eigenvalue weighted by molar-refractivity contribution is -0.139. The molecule has 0 heterocycles. The highest BCUT2D eigenvalue weighted by Crippen LogP contribution is 2.22. The van der Waals surface area contributed by atoms with E-state index in [-0.39, 0.29) is 0 Å². The van der Waals surface area contributed by atoms with Crippen molar-refractivity contribution in [1.29, 1.82) is 0 Å². The van der Waals surface area contributed by atoms with E-state index in [1.54, 1.807) is 14.0 Å². The number of carbonyl (C=O) groups is 1. The molecule has 88 valence electrons. The van der Waals surface area contributed by atoms with Crippen molar-refractivity contribution in [2.75, 3.05) is 7.11 Å². The summed E-state index contributed by atoms with van der Waals surface area (Å²) in [6, 6.07) is 5.01. The van der Waals surface area contributed by atoms with Crippen molar-refractivity contribution in [1.82, 2.24) is 5.32 Å². The van der Waals surface area contributed by atoms with Crippen LogP contribution in [-0.2, 0) is 11.3 Å². The Morgan fingerprint density at radius 1 is 1.62 bits per heavy atom. The van der Waals surface area contributed by atoms with Gasteiger partial charge >= 0.3 is 5.97 Å². The van der Waals surface area contributed by atoms with E-state index >= 15 is 0 Å². The van der Waals surface area contributed by atoms with E-state index in [4.69, 9.17) is 9.84 Å². The second kappa shape index (κ2) is 5.86. The molecule has 16 heavy (non-hydrogen) atoms. The van der Waals surface area contributed by atoms with Crippen LogP contribution in [0, 0.1) is 0 Å². The van der Waals surface area contributed by atoms with E-state index in [9.17, 15) is 4.79 Å². The van der Waals surface area contributed by atoms with Gasteiger partial charge in [-0.25, -0.2) is 0 Å². The summed E-state index contributed by atoms with van der Waals surface area (Å²) in [5.74, 6) is -0.109. The first-order valence-electron chi connectivity index (χ1n) is 4.83. The number of carboxylic acid groups (broad SMARTS) is 1. The van der Waals surface area contributed by atoms with Crippen LogP contribution in [0.25, 0.3) is 0 Å². The number of carboxylic acids is 1. The van der Waals surface area contributed by atoms with Crippen molar-refractivity contribution in [3.05, 3.63) is 28.2 Å². The Hall–Kier alpha value is -1.07. The van der Waals surface area contributed by atoms with Crippen LogP contribution in [0.1, 0.15) is 12.5 Å². The highest BCUT2D eigenvalue weighted by atomic mass is 79.9. The maximum absolute atomic E-state index is 10.6. The largest absolute Gasteiger partial charge is 0.497 e. The molecular weight excluding hydrogens is 274 g/mol. The van der Waals surface area contributed by atoms with E-state index in [0.717, 1.165) is 15.8 Å². The monoisotopic (exact) mass is 287 g/mol. The van der Waals surface area contributed by atoms with E-state index in [2.05, 4.69) is 21.2 Å². The van der Waals surface area contributed by atoms with Gasteiger partial charge in [0.2, 0.25) is 0 Å². The van der Waals surface area contributed by atoms with Gasteiger partial charge in [0.1, 0.15) is 11.8 Å². The molecule has 0 amide bonds. The zero-order chi connectivity index (χ0) is 12.1. The Morgan fingerprint density at radius 2 is 2.31 bits per heavy atom. The van der Waals surface area contributed by atoms with Crippen LogP contribution in [0.5, 0.6) is 5.75 Å². The van der Waals surface area contributed by atoms with Gasteiger partial charge in [-0.3, -0.25) is 4.79 Å². The van der Waals surface area contributed by atoms with Crippen molar-refractivity contribution in [2.45, 2.75) is 19.5 Å². The van der Waals surface area contributed by atoms with Crippen molar-refractivity contribution >= 4 is 21.9 Å². The minimum Gasteiger partial charge on any atom is -0.497 e. The third-order valence-electron chi connectivity index (χ3n) is 2.22. The fourth-order valence-corrected chi connectivity index (χ4v) is 1.55. The van der Waals surface area contributed by atoms with Crippen molar-refractivity contribution < 1.29 is 14.6 Å². The Balaban J connectivity index is 2.69. The molecule has 0 aliphatic carbocycles. The molecule has 0 unspecified atom stereocenters. The molecule has 0 aliphatic rings. The Bertz CT molecular complexity index is 381. The minimum atomic E-state index is -0.862. The van der Waals surface area contributed by atoms with E-state index < -0.39 is 12.0 Å². The number of halogens is 1. The van der Waals surface area contributed by atoms with Crippen LogP contribution in [-0.4, -0.2) is 24.2 Å². The molecular formula is C11H14BrNO3. The maximum Gasteiger partial charge on any atom is 0.320 e. The number of aliphatic carboxylic acids is 1. The third kappa shape index (κ3) is 3.50. The topological polar surface area (TPSA) is 58.6 Å². The smallest absolute Gasteiger partial charge is 0.320 e. The van der Waals surface area contributed by atoms with Crippen LogP contribution < -0.4 is 10.1 Å². The maximum atomic E-state index is 10.6. The summed E-state index contributed by atoms with van der Waals surface area (Å²) >= 11 is 3.40. The normalized spacial score (nSPS) is 12.2. The zero-order valence-corrected chi connectivity index (χ0v) is 10.7. The van der Waals surface area contributed by atoms with Gasteiger partial charge in [-0.1, -0.05) is 15.9 Å². The van der Waals surface area contributed by atoms with Gasteiger partial charge in [0.05, 0.1) is 7.11 Å². The number of methoxy groups -OCH3 is 1. The van der Waals surface area contributed by atoms with Crippen LogP contribution in [0.3, 0.4) is 0 Å². The standard InChI is InChI=1S/C11H14BrNO3/c1-7(11(14)15)13-6-8-5-9(16-2)3-4-10(8)12/h3-5,7,13H,6H2,1-2H3,(H,14,15)/t7-/m0/s1. The number of benzene rings is 1. The molecule has 1 rings (SSSR count). The van der Waals surface area contributed by atoms with Crippen molar-refractivity contribution in [3.8, 4) is 5.75 Å². The van der Waals surface area contributed by atoms with E-state index in [1.165, 1.54) is 0 Å². The van der Waals surface area contributed by atoms with E-state index in [1.807, 2.05) is 18.2 Å². The molecule has 0 radical (unpaired) electrons. The van der Waals surface area contributed by atoms with Crippen molar-refractivity contribution in [2.24, 2.45) is 0 Å². The van der Waals surface area contributed by atoms with Crippen LogP contribution in [0.15, 0.2) is 22.7 Å². The van der Waals surface area contributed by atoms with Crippen LogP contribution in [0.4, 0.5) is 0 Å². The van der Waals surface area contributed by atoms with Crippen LogP contribution >= 0.6 is 15.9 Å². The van der Waals surface area contributed by atoms with E-state index in [0.29, 0.717) is 6.54 Å². The van der Waals surface area contributed by atoms with Gasteiger partial charge in [-0.2, -0.15) is 0 Å². The highest BCUT2D eigenvalue weighted by Gasteiger charge is 2.10. The summed E-state index contributed by atoms with van der Waals surface area (Å²) in [6.07, 6.45) is 0. The summed E-state index contributed by atoms with van der Waals surface area (Å²) in [7, 11) is 1.60. The number of hydrogen-bond donors (Lipinski definition) is 2. The Morgan fingerprint density at radius 3 is 2.88 bits per heavy atom. The molecule has 0 aliphatic heterocycles. The molecule has 0 bridgehead atoms. The molecule has 0 spiro atoms. The van der Waals surface area contributed by atoms with Gasteiger partial charge in [0, 0.05) is 11.0 Å². The number of nitrogens with one attached hydrogen (secondary N) is 1. The molecule has 0 fully saturated rings. The molecule has 5 heteroatoms. The molecule has 1 aromatic rings. The van der Waals surface area contributed by atoms with Gasteiger partial charge in [-0.15, -0.1) is 0 Å². The lowest BCUT2D eigenvalue weighted by Crippen LogP contribution is -2.33. The number of rotatable bonds is 5. The summed E-state index contributed by atoms with van der Waals surface area (Å²) in [6.45, 7) is 2.08. The number of hydrogen-bond acceptors (Lipinski definition) is 3. The molecule has 4 nitrogen and oxygen atoms in total. The second-order valence-corrected chi connectivity index (χ2v) is 4.25. The first-order valence-corrected chi connectivity index (χ1v) is 5.62. The molecule has 0 saturated carbocycles. The van der Waals surface area contributed by atoms with Gasteiger partial charge in [0.15, 0.2) is 0 Å². The molecule has 0 saturated heterocycles. The highest BCUT2D eigenvalue weighted by molar-refractivity contribution is 9.10. The average molecular weight is 288 g/mol. The zero-order valence-electron chi connectivity index (χ0n) is 9.16. The molecule has 2 N–H and O–H groups in total. The van der Waals surface area contributed by atoms with Gasteiger partial charge < -0.3 is 15.2 Å². The lowest BCUT2D eigenvalue weighted by Gasteiger charge is -2.11. The minimum absolute atomic E-state index is 0.477. The fraction of sp³-hybridized carbons (Fsp3) is 0.364. The van der Waals surface area contributed by atoms with Gasteiger partial charge in [-0.05, 0) is 30.7 Å². The van der Waals surface area contributed by atoms with Crippen molar-refractivity contribution in [3.63, 3.8) is 0 Å². The fourth-order valence-electron chi connectivity index (χ4n) is 1.16. The van der Waals surface area contributed by atoms with Gasteiger partial charge in [0.25, 0.3) is 0 Å². The summed E-state index contributed by atoms with van der Waals surface area (Å²) in [5, 5.41) is 11.6.